The van der Waals surface area contributed by atoms with Crippen LogP contribution in [0, 0.1) is 0 Å². The van der Waals surface area contributed by atoms with Crippen molar-refractivity contribution in [3.05, 3.63) is 35.9 Å². The van der Waals surface area contributed by atoms with Crippen molar-refractivity contribution in [2.75, 3.05) is 7.05 Å². The topological polar surface area (TPSA) is 57.6 Å². The number of aliphatic carboxylic acids is 1. The molecule has 1 aliphatic rings. The van der Waals surface area contributed by atoms with Gasteiger partial charge in [-0.2, -0.15) is 0 Å². The third-order valence-corrected chi connectivity index (χ3v) is 4.29. The number of carbonyl (C=O) groups excluding carboxylic acids is 1. The Labute approximate surface area is 119 Å². The van der Waals surface area contributed by atoms with Crippen molar-refractivity contribution >= 4 is 11.9 Å². The van der Waals surface area contributed by atoms with Gasteiger partial charge in [0.1, 0.15) is 5.54 Å². The first kappa shape index (κ1) is 14.6. The first-order valence-corrected chi connectivity index (χ1v) is 7.10. The number of carboxylic acids is 1. The Bertz CT molecular complexity index is 478. The van der Waals surface area contributed by atoms with Crippen molar-refractivity contribution < 1.29 is 14.7 Å². The first-order valence-electron chi connectivity index (χ1n) is 7.10. The third-order valence-electron chi connectivity index (χ3n) is 4.29. The van der Waals surface area contributed by atoms with Crippen LogP contribution in [-0.4, -0.2) is 34.5 Å². The second kappa shape index (κ2) is 6.07. The van der Waals surface area contributed by atoms with Crippen LogP contribution in [0.5, 0.6) is 0 Å². The molecule has 1 aliphatic carbocycles. The molecular formula is C16H21NO3. The number of carbonyl (C=O) groups is 2. The molecule has 4 heteroatoms. The van der Waals surface area contributed by atoms with Gasteiger partial charge in [0, 0.05) is 7.05 Å². The molecule has 0 atom stereocenters. The lowest BCUT2D eigenvalue weighted by atomic mass is 9.80. The van der Waals surface area contributed by atoms with Gasteiger partial charge in [0.15, 0.2) is 0 Å². The lowest BCUT2D eigenvalue weighted by molar-refractivity contribution is -0.160. The molecule has 1 saturated carbocycles. The zero-order valence-corrected chi connectivity index (χ0v) is 11.8. The monoisotopic (exact) mass is 275 g/mol. The molecule has 1 aromatic carbocycles. The fraction of sp³-hybridized carbons (Fsp3) is 0.500. The molecule has 0 saturated heterocycles. The van der Waals surface area contributed by atoms with Crippen LogP contribution in [0.1, 0.15) is 37.7 Å². The molecule has 0 aromatic heterocycles. The van der Waals surface area contributed by atoms with Crippen LogP contribution in [0.4, 0.5) is 0 Å². The highest BCUT2D eigenvalue weighted by atomic mass is 16.4. The number of rotatable bonds is 4. The molecule has 0 aliphatic heterocycles. The summed E-state index contributed by atoms with van der Waals surface area (Å²) in [5.41, 5.74) is -0.0925. The molecular weight excluding hydrogens is 254 g/mol. The summed E-state index contributed by atoms with van der Waals surface area (Å²) in [6.45, 7) is 0. The summed E-state index contributed by atoms with van der Waals surface area (Å²) in [5, 5.41) is 9.58. The third kappa shape index (κ3) is 2.84. The Morgan fingerprint density at radius 3 is 2.30 bits per heavy atom. The molecule has 2 rings (SSSR count). The van der Waals surface area contributed by atoms with Gasteiger partial charge in [-0.25, -0.2) is 4.79 Å². The smallest absolute Gasteiger partial charge is 0.329 e. The Hall–Kier alpha value is -1.84. The number of amides is 1. The predicted molar refractivity (Wildman–Crippen MR) is 76.4 cm³/mol. The highest BCUT2D eigenvalue weighted by Gasteiger charge is 2.45. The molecule has 20 heavy (non-hydrogen) atoms. The van der Waals surface area contributed by atoms with E-state index in [1.807, 2.05) is 30.3 Å². The van der Waals surface area contributed by atoms with E-state index in [0.29, 0.717) is 12.8 Å². The molecule has 108 valence electrons. The van der Waals surface area contributed by atoms with E-state index in [1.165, 1.54) is 4.90 Å². The van der Waals surface area contributed by atoms with E-state index in [9.17, 15) is 14.7 Å². The minimum absolute atomic E-state index is 0.125. The van der Waals surface area contributed by atoms with Crippen molar-refractivity contribution in [3.63, 3.8) is 0 Å². The van der Waals surface area contributed by atoms with Crippen LogP contribution in [0.3, 0.4) is 0 Å². The molecule has 0 bridgehead atoms. The molecule has 1 fully saturated rings. The van der Waals surface area contributed by atoms with Crippen molar-refractivity contribution in [1.82, 2.24) is 4.90 Å². The molecule has 0 unspecified atom stereocenters. The molecule has 1 N–H and O–H groups in total. The van der Waals surface area contributed by atoms with Crippen LogP contribution >= 0.6 is 0 Å². The lowest BCUT2D eigenvalue weighted by Gasteiger charge is -2.41. The van der Waals surface area contributed by atoms with Crippen molar-refractivity contribution in [3.8, 4) is 0 Å². The molecule has 0 radical (unpaired) electrons. The minimum Gasteiger partial charge on any atom is -0.479 e. The Morgan fingerprint density at radius 2 is 1.75 bits per heavy atom. The van der Waals surface area contributed by atoms with Gasteiger partial charge >= 0.3 is 5.97 Å². The zero-order valence-electron chi connectivity index (χ0n) is 11.8. The van der Waals surface area contributed by atoms with E-state index in [4.69, 9.17) is 0 Å². The summed E-state index contributed by atoms with van der Waals surface area (Å²) in [5.74, 6) is -0.999. The quantitative estimate of drug-likeness (QED) is 0.918. The van der Waals surface area contributed by atoms with Gasteiger partial charge in [-0.3, -0.25) is 4.79 Å². The summed E-state index contributed by atoms with van der Waals surface area (Å²) in [6.07, 6.45) is 4.16. The largest absolute Gasteiger partial charge is 0.479 e. The van der Waals surface area contributed by atoms with Gasteiger partial charge in [0.05, 0.1) is 6.42 Å². The SMILES string of the molecule is CN(C(=O)Cc1ccccc1)C1(C(=O)O)CCCCC1. The van der Waals surface area contributed by atoms with Crippen LogP contribution in [-0.2, 0) is 16.0 Å². The maximum Gasteiger partial charge on any atom is 0.329 e. The summed E-state index contributed by atoms with van der Waals surface area (Å²) < 4.78 is 0. The van der Waals surface area contributed by atoms with E-state index in [1.54, 1.807) is 7.05 Å². The highest BCUT2D eigenvalue weighted by Crippen LogP contribution is 2.33. The average Bonchev–Trinajstić information content (AvgIpc) is 2.48. The fourth-order valence-corrected chi connectivity index (χ4v) is 2.96. The van der Waals surface area contributed by atoms with Gasteiger partial charge in [-0.15, -0.1) is 0 Å². The predicted octanol–water partition coefficient (Wildman–Crippen LogP) is 2.48. The fourth-order valence-electron chi connectivity index (χ4n) is 2.96. The van der Waals surface area contributed by atoms with Crippen LogP contribution in [0.15, 0.2) is 30.3 Å². The van der Waals surface area contributed by atoms with Crippen LogP contribution in [0.2, 0.25) is 0 Å². The van der Waals surface area contributed by atoms with Crippen LogP contribution in [0.25, 0.3) is 0 Å². The van der Waals surface area contributed by atoms with Crippen LogP contribution < -0.4 is 0 Å². The summed E-state index contributed by atoms with van der Waals surface area (Å²) in [6, 6.07) is 9.45. The van der Waals surface area contributed by atoms with Gasteiger partial charge in [-0.1, -0.05) is 49.6 Å². The van der Waals surface area contributed by atoms with Gasteiger partial charge < -0.3 is 10.0 Å². The molecule has 0 heterocycles. The Balaban J connectivity index is 2.13. The second-order valence-electron chi connectivity index (χ2n) is 5.51. The summed E-state index contributed by atoms with van der Waals surface area (Å²) >= 11 is 0. The van der Waals surface area contributed by atoms with E-state index in [2.05, 4.69) is 0 Å². The normalized spacial score (nSPS) is 17.4. The Kier molecular flexibility index (Phi) is 4.42. The number of benzene rings is 1. The van der Waals surface area contributed by atoms with Gasteiger partial charge in [0.2, 0.25) is 5.91 Å². The van der Waals surface area contributed by atoms with Crippen molar-refractivity contribution in [2.45, 2.75) is 44.1 Å². The number of nitrogens with zero attached hydrogens (tertiary/aromatic N) is 1. The average molecular weight is 275 g/mol. The Morgan fingerprint density at radius 1 is 1.15 bits per heavy atom. The molecule has 1 aromatic rings. The first-order chi connectivity index (χ1) is 9.56. The minimum atomic E-state index is -1.01. The highest BCUT2D eigenvalue weighted by molar-refractivity contribution is 5.88. The number of likely N-dealkylation sites (N-methyl/N-ethyl adjacent to an activating group) is 1. The van der Waals surface area contributed by atoms with Crippen molar-refractivity contribution in [1.29, 1.82) is 0 Å². The molecule has 4 nitrogen and oxygen atoms in total. The maximum absolute atomic E-state index is 12.4. The van der Waals surface area contributed by atoms with Crippen molar-refractivity contribution in [2.24, 2.45) is 0 Å². The maximum atomic E-state index is 12.4. The molecule has 1 amide bonds. The molecule has 0 spiro atoms. The van der Waals surface area contributed by atoms with E-state index in [0.717, 1.165) is 24.8 Å². The van der Waals surface area contributed by atoms with Gasteiger partial charge in [-0.05, 0) is 18.4 Å². The zero-order chi connectivity index (χ0) is 14.6. The summed E-state index contributed by atoms with van der Waals surface area (Å²) in [4.78, 5) is 25.5. The van der Waals surface area contributed by atoms with E-state index < -0.39 is 11.5 Å². The second-order valence-corrected chi connectivity index (χ2v) is 5.51. The standard InChI is InChI=1S/C16H21NO3/c1-17(14(18)12-13-8-4-2-5-9-13)16(15(19)20)10-6-3-7-11-16/h2,4-5,8-9H,3,6-7,10-12H2,1H3,(H,19,20). The number of carboxylic acid groups (broad SMARTS) is 1. The lowest BCUT2D eigenvalue weighted by Crippen LogP contribution is -2.56. The summed E-state index contributed by atoms with van der Waals surface area (Å²) in [7, 11) is 1.63. The van der Waals surface area contributed by atoms with E-state index in [-0.39, 0.29) is 12.3 Å². The van der Waals surface area contributed by atoms with Gasteiger partial charge in [0.25, 0.3) is 0 Å². The number of hydrogen-bond acceptors (Lipinski definition) is 2. The van der Waals surface area contributed by atoms with E-state index >= 15 is 0 Å². The number of hydrogen-bond donors (Lipinski definition) is 1.